The highest BCUT2D eigenvalue weighted by Crippen LogP contribution is 2.38. The molecule has 0 spiro atoms. The van der Waals surface area contributed by atoms with Crippen LogP contribution in [0.3, 0.4) is 0 Å². The Morgan fingerprint density at radius 1 is 1.09 bits per heavy atom. The largest absolute Gasteiger partial charge is 0.507 e. The molecule has 1 aliphatic rings. The molecule has 1 fully saturated rings. The quantitative estimate of drug-likeness (QED) is 0.382. The minimum Gasteiger partial charge on any atom is -0.507 e. The Morgan fingerprint density at radius 3 is 2.49 bits per heavy atom. The number of rotatable bonds is 3. The zero-order valence-corrected chi connectivity index (χ0v) is 19.6. The third-order valence-electron chi connectivity index (χ3n) is 6.98. The Hall–Kier alpha value is -4.21. The Balaban J connectivity index is 1.62. The number of benzene rings is 1. The Labute approximate surface area is 199 Å². The molecule has 1 aromatic carbocycles. The molecule has 4 N–H and O–H groups in total. The van der Waals surface area contributed by atoms with Crippen molar-refractivity contribution in [2.45, 2.75) is 33.6 Å². The molecule has 3 aromatic heterocycles. The molecule has 0 radical (unpaired) electrons. The second-order valence-electron chi connectivity index (χ2n) is 9.03. The minimum atomic E-state index is -0.440. The smallest absolute Gasteiger partial charge is 0.339 e. The first-order valence-corrected chi connectivity index (χ1v) is 11.4. The minimum absolute atomic E-state index is 0.0608. The van der Waals surface area contributed by atoms with Gasteiger partial charge in [-0.1, -0.05) is 0 Å². The number of amides is 1. The predicted octanol–water partition coefficient (Wildman–Crippen LogP) is 2.42. The normalized spacial score (nSPS) is 14.7. The van der Waals surface area contributed by atoms with Gasteiger partial charge in [0.1, 0.15) is 11.3 Å². The molecule has 0 aliphatic carbocycles. The lowest BCUT2D eigenvalue weighted by Crippen LogP contribution is -2.40. The number of aromatic amines is 1. The number of pyridine rings is 1. The average molecular weight is 476 g/mol. The maximum Gasteiger partial charge on any atom is 0.339 e. The van der Waals surface area contributed by atoms with E-state index in [0.717, 1.165) is 5.56 Å². The van der Waals surface area contributed by atoms with Crippen LogP contribution in [0.4, 0.5) is 5.95 Å². The van der Waals surface area contributed by atoms with Crippen molar-refractivity contribution in [3.8, 4) is 17.0 Å². The second kappa shape index (κ2) is 8.23. The fraction of sp³-hybridized carbons (Fsp3) is 0.320. The topological polar surface area (TPSA) is 155 Å². The maximum atomic E-state index is 12.7. The van der Waals surface area contributed by atoms with Crippen LogP contribution in [0.2, 0.25) is 0 Å². The summed E-state index contributed by atoms with van der Waals surface area (Å²) in [5.41, 5.74) is 7.79. The molecule has 4 aromatic rings. The highest BCUT2D eigenvalue weighted by atomic mass is 16.4. The van der Waals surface area contributed by atoms with E-state index >= 15 is 0 Å². The predicted molar refractivity (Wildman–Crippen MR) is 132 cm³/mol. The van der Waals surface area contributed by atoms with Gasteiger partial charge in [-0.3, -0.25) is 14.6 Å². The Kier molecular flexibility index (Phi) is 5.31. The first kappa shape index (κ1) is 22.6. The average Bonchev–Trinajstić information content (AvgIpc) is 2.85. The zero-order valence-electron chi connectivity index (χ0n) is 19.6. The molecule has 5 rings (SSSR count). The highest BCUT2D eigenvalue weighted by molar-refractivity contribution is 5.92. The molecule has 180 valence electrons. The number of carbonyl (C=O) groups excluding carboxylic acids is 1. The van der Waals surface area contributed by atoms with E-state index < -0.39 is 5.63 Å². The summed E-state index contributed by atoms with van der Waals surface area (Å²) in [4.78, 5) is 50.2. The van der Waals surface area contributed by atoms with Crippen LogP contribution >= 0.6 is 0 Å². The van der Waals surface area contributed by atoms with Crippen LogP contribution in [0.15, 0.2) is 32.2 Å². The van der Waals surface area contributed by atoms with Crippen LogP contribution in [0, 0.1) is 26.7 Å². The van der Waals surface area contributed by atoms with Gasteiger partial charge < -0.3 is 20.2 Å². The fourth-order valence-electron chi connectivity index (χ4n) is 4.60. The van der Waals surface area contributed by atoms with Gasteiger partial charge in [0, 0.05) is 41.1 Å². The first-order valence-electron chi connectivity index (χ1n) is 11.4. The van der Waals surface area contributed by atoms with E-state index in [1.54, 1.807) is 32.0 Å². The van der Waals surface area contributed by atoms with E-state index in [2.05, 4.69) is 15.0 Å². The van der Waals surface area contributed by atoms with E-state index in [1.165, 1.54) is 0 Å². The van der Waals surface area contributed by atoms with Crippen molar-refractivity contribution in [2.75, 3.05) is 18.0 Å². The number of carbonyl (C=O) groups is 1. The summed E-state index contributed by atoms with van der Waals surface area (Å²) >= 11 is 0. The molecule has 0 atom stereocenters. The number of aromatic hydroxyl groups is 1. The SMILES string of the molecule is Cc1c(C)c2cc(-c3ccc4c(=O)[nH]c(N5CCC(C(N)=O)CC5)nc4n3)c(O)c(C)c2oc1=O. The molecule has 4 heterocycles. The molecule has 0 bridgehead atoms. The van der Waals surface area contributed by atoms with E-state index in [0.29, 0.717) is 70.6 Å². The van der Waals surface area contributed by atoms with Crippen molar-refractivity contribution in [2.24, 2.45) is 11.7 Å². The lowest BCUT2D eigenvalue weighted by molar-refractivity contribution is -0.122. The number of fused-ring (bicyclic) bond motifs is 2. The Bertz CT molecular complexity index is 1630. The van der Waals surface area contributed by atoms with Gasteiger partial charge in [-0.25, -0.2) is 9.78 Å². The van der Waals surface area contributed by atoms with Gasteiger partial charge in [0.05, 0.1) is 11.1 Å². The van der Waals surface area contributed by atoms with Crippen LogP contribution in [0.25, 0.3) is 33.3 Å². The molecular weight excluding hydrogens is 450 g/mol. The van der Waals surface area contributed by atoms with Gasteiger partial charge >= 0.3 is 5.63 Å². The van der Waals surface area contributed by atoms with Crippen molar-refractivity contribution >= 4 is 33.9 Å². The third kappa shape index (κ3) is 3.71. The van der Waals surface area contributed by atoms with Crippen LogP contribution in [0.1, 0.15) is 29.5 Å². The number of phenolic OH excluding ortho intramolecular Hbond substituents is 1. The van der Waals surface area contributed by atoms with Gasteiger partial charge in [0.25, 0.3) is 5.56 Å². The lowest BCUT2D eigenvalue weighted by atomic mass is 9.96. The summed E-state index contributed by atoms with van der Waals surface area (Å²) in [5.74, 6) is -0.179. The summed E-state index contributed by atoms with van der Waals surface area (Å²) < 4.78 is 5.44. The summed E-state index contributed by atoms with van der Waals surface area (Å²) in [6.45, 7) is 6.28. The van der Waals surface area contributed by atoms with E-state index in [1.807, 2.05) is 11.8 Å². The summed E-state index contributed by atoms with van der Waals surface area (Å²) in [5, 5.41) is 11.9. The highest BCUT2D eigenvalue weighted by Gasteiger charge is 2.25. The van der Waals surface area contributed by atoms with Crippen molar-refractivity contribution < 1.29 is 14.3 Å². The van der Waals surface area contributed by atoms with E-state index in [4.69, 9.17) is 10.2 Å². The van der Waals surface area contributed by atoms with Gasteiger partial charge in [0.2, 0.25) is 11.9 Å². The van der Waals surface area contributed by atoms with Gasteiger partial charge in [0.15, 0.2) is 5.65 Å². The van der Waals surface area contributed by atoms with Crippen LogP contribution in [0.5, 0.6) is 5.75 Å². The van der Waals surface area contributed by atoms with Gasteiger partial charge in [-0.2, -0.15) is 4.98 Å². The standard InChI is InChI=1S/C25H25N5O5/c1-11-12(2)24(34)35-20-13(3)19(31)17(10-16(11)20)18-5-4-15-22(27-18)28-25(29-23(15)33)30-8-6-14(7-9-30)21(26)32/h4-5,10,14,31H,6-9H2,1-3H3,(H2,26,32)(H,27,28,29,33). The van der Waals surface area contributed by atoms with E-state index in [9.17, 15) is 19.5 Å². The molecule has 10 nitrogen and oxygen atoms in total. The fourth-order valence-corrected chi connectivity index (χ4v) is 4.60. The molecule has 1 amide bonds. The number of aryl methyl sites for hydroxylation is 2. The number of nitrogens with two attached hydrogens (primary N) is 1. The Morgan fingerprint density at radius 2 is 1.80 bits per heavy atom. The van der Waals surface area contributed by atoms with E-state index in [-0.39, 0.29) is 28.8 Å². The van der Waals surface area contributed by atoms with Gasteiger partial charge in [-0.05, 0) is 57.4 Å². The number of phenols is 1. The number of nitrogens with zero attached hydrogens (tertiary/aromatic N) is 3. The summed E-state index contributed by atoms with van der Waals surface area (Å²) in [6, 6.07) is 5.01. The number of anilines is 1. The number of hydrogen-bond donors (Lipinski definition) is 3. The molecule has 1 aliphatic heterocycles. The first-order chi connectivity index (χ1) is 16.7. The van der Waals surface area contributed by atoms with Crippen molar-refractivity contribution in [1.29, 1.82) is 0 Å². The molecule has 1 saturated heterocycles. The van der Waals surface area contributed by atoms with Crippen molar-refractivity contribution in [3.63, 3.8) is 0 Å². The molecule has 35 heavy (non-hydrogen) atoms. The third-order valence-corrected chi connectivity index (χ3v) is 6.98. The van der Waals surface area contributed by atoms with Crippen molar-refractivity contribution in [3.05, 3.63) is 55.7 Å². The number of nitrogens with one attached hydrogen (secondary N) is 1. The molecule has 0 unspecified atom stereocenters. The maximum absolute atomic E-state index is 12.7. The summed E-state index contributed by atoms with van der Waals surface area (Å²) in [6.07, 6.45) is 1.17. The zero-order chi connectivity index (χ0) is 25.0. The number of piperidine rings is 1. The van der Waals surface area contributed by atoms with Crippen LogP contribution in [-0.2, 0) is 4.79 Å². The van der Waals surface area contributed by atoms with Crippen molar-refractivity contribution in [1.82, 2.24) is 15.0 Å². The molecule has 0 saturated carbocycles. The number of hydrogen-bond acceptors (Lipinski definition) is 8. The lowest BCUT2D eigenvalue weighted by Gasteiger charge is -2.30. The summed E-state index contributed by atoms with van der Waals surface area (Å²) in [7, 11) is 0. The number of primary amides is 1. The van der Waals surface area contributed by atoms with Crippen LogP contribution < -0.4 is 21.8 Å². The van der Waals surface area contributed by atoms with Crippen LogP contribution in [-0.4, -0.2) is 39.1 Å². The number of H-pyrrole nitrogens is 1. The molecule has 10 heteroatoms. The molecular formula is C25H25N5O5. The monoisotopic (exact) mass is 475 g/mol. The second-order valence-corrected chi connectivity index (χ2v) is 9.03. The van der Waals surface area contributed by atoms with Gasteiger partial charge in [-0.15, -0.1) is 0 Å². The number of aromatic nitrogens is 3.